The molecule has 2 aromatic carbocycles. The van der Waals surface area contributed by atoms with Crippen LogP contribution in [0.3, 0.4) is 0 Å². The van der Waals surface area contributed by atoms with E-state index < -0.39 is 0 Å². The Kier molecular flexibility index (Phi) is 5.21. The molecule has 1 atom stereocenters. The van der Waals surface area contributed by atoms with Crippen LogP contribution in [0.15, 0.2) is 54.9 Å². The molecule has 0 saturated carbocycles. The first-order chi connectivity index (χ1) is 15.2. The van der Waals surface area contributed by atoms with Crippen LogP contribution in [-0.2, 0) is 0 Å². The summed E-state index contributed by atoms with van der Waals surface area (Å²) < 4.78 is 15.6. The van der Waals surface area contributed by atoms with Crippen molar-refractivity contribution in [2.75, 3.05) is 13.1 Å². The third-order valence-electron chi connectivity index (χ3n) is 5.31. The number of benzene rings is 2. The zero-order chi connectivity index (χ0) is 21.2. The summed E-state index contributed by atoms with van der Waals surface area (Å²) in [6.07, 6.45) is 3.28. The van der Waals surface area contributed by atoms with E-state index in [0.29, 0.717) is 29.2 Å². The number of hydrogen-bond acceptors (Lipinski definition) is 7. The SMILES string of the molecule is O=C(c1cccc(-n2cnnn2)c1)N1CCCC(c2nnc(-c3ccccc3F)s2)C1. The van der Waals surface area contributed by atoms with Crippen molar-refractivity contribution < 1.29 is 9.18 Å². The summed E-state index contributed by atoms with van der Waals surface area (Å²) in [6.45, 7) is 1.24. The highest BCUT2D eigenvalue weighted by atomic mass is 32.1. The fraction of sp³-hybridized carbons (Fsp3) is 0.238. The summed E-state index contributed by atoms with van der Waals surface area (Å²) in [6, 6.07) is 13.8. The third kappa shape index (κ3) is 3.93. The molecule has 0 bridgehead atoms. The van der Waals surface area contributed by atoms with Gasteiger partial charge in [-0.05, 0) is 53.6 Å². The predicted molar refractivity (Wildman–Crippen MR) is 112 cm³/mol. The summed E-state index contributed by atoms with van der Waals surface area (Å²) >= 11 is 1.39. The molecular formula is C21H18FN7OS. The maximum Gasteiger partial charge on any atom is 0.253 e. The quantitative estimate of drug-likeness (QED) is 0.488. The maximum atomic E-state index is 14.1. The van der Waals surface area contributed by atoms with Gasteiger partial charge in [0.15, 0.2) is 5.01 Å². The molecular weight excluding hydrogens is 417 g/mol. The first kappa shape index (κ1) is 19.4. The lowest BCUT2D eigenvalue weighted by molar-refractivity contribution is 0.0707. The molecule has 1 aliphatic rings. The van der Waals surface area contributed by atoms with Gasteiger partial charge >= 0.3 is 0 Å². The fourth-order valence-corrected chi connectivity index (χ4v) is 4.75. The number of hydrogen-bond donors (Lipinski definition) is 0. The molecule has 4 aromatic rings. The summed E-state index contributed by atoms with van der Waals surface area (Å²) in [4.78, 5) is 15.0. The standard InChI is InChI=1S/C21H18FN7OS/c22-18-9-2-1-8-17(18)20-25-24-19(31-20)15-6-4-10-28(12-15)21(30)14-5-3-7-16(11-14)29-13-23-26-27-29/h1-3,5,7-9,11,13,15H,4,6,10,12H2. The number of carbonyl (C=O) groups excluding carboxylic acids is 1. The van der Waals surface area contributed by atoms with E-state index in [1.165, 1.54) is 28.4 Å². The van der Waals surface area contributed by atoms with Gasteiger partial charge in [-0.15, -0.1) is 15.3 Å². The van der Waals surface area contributed by atoms with E-state index in [-0.39, 0.29) is 17.6 Å². The molecule has 0 radical (unpaired) electrons. The van der Waals surface area contributed by atoms with Crippen LogP contribution >= 0.6 is 11.3 Å². The van der Waals surface area contributed by atoms with E-state index in [9.17, 15) is 9.18 Å². The Bertz CT molecular complexity index is 1210. The second-order valence-corrected chi connectivity index (χ2v) is 8.33. The number of likely N-dealkylation sites (tertiary alicyclic amines) is 1. The molecule has 0 spiro atoms. The van der Waals surface area contributed by atoms with Crippen LogP contribution in [0.2, 0.25) is 0 Å². The molecule has 10 heteroatoms. The predicted octanol–water partition coefficient (Wildman–Crippen LogP) is 3.34. The molecule has 1 unspecified atom stereocenters. The van der Waals surface area contributed by atoms with Crippen molar-refractivity contribution in [1.29, 1.82) is 0 Å². The zero-order valence-electron chi connectivity index (χ0n) is 16.4. The first-order valence-electron chi connectivity index (χ1n) is 9.90. The van der Waals surface area contributed by atoms with Crippen LogP contribution in [0, 0.1) is 5.82 Å². The molecule has 0 aliphatic carbocycles. The van der Waals surface area contributed by atoms with Crippen molar-refractivity contribution in [2.24, 2.45) is 0 Å². The number of tetrazole rings is 1. The van der Waals surface area contributed by atoms with E-state index in [4.69, 9.17) is 0 Å². The Labute approximate surface area is 181 Å². The zero-order valence-corrected chi connectivity index (χ0v) is 17.2. The molecule has 156 valence electrons. The van der Waals surface area contributed by atoms with Gasteiger partial charge in [0.2, 0.25) is 0 Å². The lowest BCUT2D eigenvalue weighted by atomic mass is 9.98. The Morgan fingerprint density at radius 2 is 2.03 bits per heavy atom. The normalized spacial score (nSPS) is 16.4. The molecule has 31 heavy (non-hydrogen) atoms. The number of piperidine rings is 1. The summed E-state index contributed by atoms with van der Waals surface area (Å²) in [5.41, 5.74) is 1.76. The Balaban J connectivity index is 1.34. The van der Waals surface area contributed by atoms with Crippen LogP contribution in [0.25, 0.3) is 16.3 Å². The van der Waals surface area contributed by atoms with Gasteiger partial charge in [-0.2, -0.15) is 0 Å². The van der Waals surface area contributed by atoms with Crippen molar-refractivity contribution in [3.05, 3.63) is 71.2 Å². The second kappa shape index (κ2) is 8.31. The van der Waals surface area contributed by atoms with Gasteiger partial charge in [0.05, 0.1) is 5.69 Å². The Hall–Kier alpha value is -3.53. The number of carbonyl (C=O) groups is 1. The maximum absolute atomic E-state index is 14.1. The van der Waals surface area contributed by atoms with E-state index >= 15 is 0 Å². The highest BCUT2D eigenvalue weighted by Crippen LogP contribution is 2.34. The molecule has 5 rings (SSSR count). The average Bonchev–Trinajstić information content (AvgIpc) is 3.52. The van der Waals surface area contributed by atoms with E-state index in [0.717, 1.165) is 23.5 Å². The fourth-order valence-electron chi connectivity index (χ4n) is 3.75. The monoisotopic (exact) mass is 435 g/mol. The van der Waals surface area contributed by atoms with Gasteiger partial charge in [-0.25, -0.2) is 9.07 Å². The Morgan fingerprint density at radius 1 is 1.13 bits per heavy atom. The van der Waals surface area contributed by atoms with Crippen molar-refractivity contribution in [3.63, 3.8) is 0 Å². The summed E-state index contributed by atoms with van der Waals surface area (Å²) in [5, 5.41) is 21.0. The van der Waals surface area contributed by atoms with Crippen LogP contribution in [-0.4, -0.2) is 54.3 Å². The third-order valence-corrected chi connectivity index (χ3v) is 6.43. The molecule has 8 nitrogen and oxygen atoms in total. The Morgan fingerprint density at radius 3 is 2.87 bits per heavy atom. The molecule has 1 fully saturated rings. The van der Waals surface area contributed by atoms with E-state index in [1.807, 2.05) is 17.0 Å². The van der Waals surface area contributed by atoms with Crippen molar-refractivity contribution >= 4 is 17.2 Å². The van der Waals surface area contributed by atoms with Gasteiger partial charge < -0.3 is 4.90 Å². The highest BCUT2D eigenvalue weighted by molar-refractivity contribution is 7.14. The minimum atomic E-state index is -0.312. The molecule has 1 amide bonds. The van der Waals surface area contributed by atoms with Gasteiger partial charge in [0.1, 0.15) is 17.2 Å². The van der Waals surface area contributed by atoms with Crippen LogP contribution in [0.5, 0.6) is 0 Å². The lowest BCUT2D eigenvalue weighted by Crippen LogP contribution is -2.39. The number of aromatic nitrogens is 6. The van der Waals surface area contributed by atoms with E-state index in [1.54, 1.807) is 30.3 Å². The van der Waals surface area contributed by atoms with Crippen LogP contribution in [0.1, 0.15) is 34.1 Å². The molecule has 2 aromatic heterocycles. The van der Waals surface area contributed by atoms with Gasteiger partial charge in [0.25, 0.3) is 5.91 Å². The second-order valence-electron chi connectivity index (χ2n) is 7.32. The minimum Gasteiger partial charge on any atom is -0.338 e. The lowest BCUT2D eigenvalue weighted by Gasteiger charge is -2.31. The number of amides is 1. The summed E-state index contributed by atoms with van der Waals surface area (Å²) in [5.74, 6) is -0.273. The summed E-state index contributed by atoms with van der Waals surface area (Å²) in [7, 11) is 0. The van der Waals surface area contributed by atoms with Gasteiger partial charge in [0, 0.05) is 30.1 Å². The smallest absolute Gasteiger partial charge is 0.253 e. The first-order valence-corrected chi connectivity index (χ1v) is 10.7. The van der Waals surface area contributed by atoms with Gasteiger partial charge in [-0.1, -0.05) is 29.5 Å². The number of rotatable bonds is 4. The molecule has 0 N–H and O–H groups in total. The van der Waals surface area contributed by atoms with Crippen LogP contribution in [0.4, 0.5) is 4.39 Å². The molecule has 1 saturated heterocycles. The molecule has 1 aliphatic heterocycles. The van der Waals surface area contributed by atoms with Crippen molar-refractivity contribution in [2.45, 2.75) is 18.8 Å². The largest absolute Gasteiger partial charge is 0.338 e. The van der Waals surface area contributed by atoms with E-state index in [2.05, 4.69) is 25.7 Å². The topological polar surface area (TPSA) is 89.7 Å². The molecule has 3 heterocycles. The van der Waals surface area contributed by atoms with Crippen molar-refractivity contribution in [1.82, 2.24) is 35.3 Å². The highest BCUT2D eigenvalue weighted by Gasteiger charge is 2.28. The minimum absolute atomic E-state index is 0.0431. The van der Waals surface area contributed by atoms with Crippen molar-refractivity contribution in [3.8, 4) is 16.3 Å². The number of nitrogens with zero attached hydrogens (tertiary/aromatic N) is 7. The van der Waals surface area contributed by atoms with Crippen LogP contribution < -0.4 is 0 Å². The average molecular weight is 435 g/mol. The number of halogens is 1. The van der Waals surface area contributed by atoms with Gasteiger partial charge in [-0.3, -0.25) is 4.79 Å².